The van der Waals surface area contributed by atoms with Crippen molar-refractivity contribution in [3.8, 4) is 6.07 Å². The van der Waals surface area contributed by atoms with Gasteiger partial charge >= 0.3 is 0 Å². The van der Waals surface area contributed by atoms with Crippen molar-refractivity contribution in [3.63, 3.8) is 0 Å². The molecular weight excluding hydrogens is 188 g/mol. The van der Waals surface area contributed by atoms with E-state index in [2.05, 4.69) is 11.4 Å². The third-order valence-electron chi connectivity index (χ3n) is 1.82. The van der Waals surface area contributed by atoms with E-state index in [9.17, 15) is 4.79 Å². The van der Waals surface area contributed by atoms with E-state index < -0.39 is 0 Å². The van der Waals surface area contributed by atoms with Crippen LogP contribution in [0.5, 0.6) is 0 Å². The Balaban J connectivity index is 2.65. The fourth-order valence-electron chi connectivity index (χ4n) is 1.13. The number of hydrogen-bond acceptors (Lipinski definition) is 2. The molecule has 0 atom stereocenters. The second kappa shape index (κ2) is 5.61. The van der Waals surface area contributed by atoms with E-state index in [1.54, 1.807) is 25.1 Å². The third-order valence-corrected chi connectivity index (χ3v) is 1.82. The van der Waals surface area contributed by atoms with Crippen LogP contribution < -0.4 is 5.32 Å². The maximum atomic E-state index is 11.2. The van der Waals surface area contributed by atoms with Crippen LogP contribution in [-0.2, 0) is 11.2 Å². The number of anilines is 1. The molecule has 3 nitrogen and oxygen atoms in total. The Morgan fingerprint density at radius 3 is 2.67 bits per heavy atom. The van der Waals surface area contributed by atoms with Gasteiger partial charge in [-0.25, -0.2) is 0 Å². The van der Waals surface area contributed by atoms with Gasteiger partial charge in [-0.1, -0.05) is 18.2 Å². The van der Waals surface area contributed by atoms with E-state index in [-0.39, 0.29) is 5.91 Å². The summed E-state index contributed by atoms with van der Waals surface area (Å²) in [6.07, 6.45) is 3.53. The lowest BCUT2D eigenvalue weighted by molar-refractivity contribution is -0.111. The van der Waals surface area contributed by atoms with Gasteiger partial charge in [0.1, 0.15) is 0 Å². The first-order valence-electron chi connectivity index (χ1n) is 4.66. The number of benzene rings is 1. The molecule has 0 heterocycles. The standard InChI is InChI=1S/C12H12N2O/c1-2-3-12(15)14-11-6-4-10(5-7-11)8-9-13/h2-7H,8H2,1H3,(H,14,15). The zero-order valence-electron chi connectivity index (χ0n) is 8.53. The molecule has 0 unspecified atom stereocenters. The van der Waals surface area contributed by atoms with E-state index in [1.807, 2.05) is 12.1 Å². The van der Waals surface area contributed by atoms with Crippen molar-refractivity contribution in [3.05, 3.63) is 42.0 Å². The van der Waals surface area contributed by atoms with Gasteiger partial charge in [-0.15, -0.1) is 0 Å². The molecule has 0 fully saturated rings. The normalized spacial score (nSPS) is 9.87. The lowest BCUT2D eigenvalue weighted by Crippen LogP contribution is -2.07. The lowest BCUT2D eigenvalue weighted by Gasteiger charge is -2.02. The SMILES string of the molecule is CC=CC(=O)Nc1ccc(CC#N)cc1. The van der Waals surface area contributed by atoms with Crippen LogP contribution in [0.4, 0.5) is 5.69 Å². The lowest BCUT2D eigenvalue weighted by atomic mass is 10.1. The summed E-state index contributed by atoms with van der Waals surface area (Å²) in [6, 6.07) is 9.29. The van der Waals surface area contributed by atoms with Crippen molar-refractivity contribution in [2.75, 3.05) is 5.32 Å². The highest BCUT2D eigenvalue weighted by atomic mass is 16.1. The van der Waals surface area contributed by atoms with Crippen molar-refractivity contribution in [1.29, 1.82) is 5.26 Å². The second-order valence-electron chi connectivity index (χ2n) is 3.02. The van der Waals surface area contributed by atoms with Crippen LogP contribution in [0.3, 0.4) is 0 Å². The Bertz CT molecular complexity index is 399. The van der Waals surface area contributed by atoms with Gasteiger partial charge in [0, 0.05) is 5.69 Å². The minimum Gasteiger partial charge on any atom is -0.323 e. The van der Waals surface area contributed by atoms with Gasteiger partial charge in [0.2, 0.25) is 5.91 Å². The minimum absolute atomic E-state index is 0.148. The van der Waals surface area contributed by atoms with Crippen LogP contribution in [0.1, 0.15) is 12.5 Å². The van der Waals surface area contributed by atoms with Crippen molar-refractivity contribution < 1.29 is 4.79 Å². The van der Waals surface area contributed by atoms with Gasteiger partial charge in [0.25, 0.3) is 0 Å². The van der Waals surface area contributed by atoms with Crippen LogP contribution in [0.2, 0.25) is 0 Å². The molecule has 1 aromatic rings. The zero-order chi connectivity index (χ0) is 11.1. The molecule has 15 heavy (non-hydrogen) atoms. The fourth-order valence-corrected chi connectivity index (χ4v) is 1.13. The highest BCUT2D eigenvalue weighted by Crippen LogP contribution is 2.09. The number of amides is 1. The van der Waals surface area contributed by atoms with Crippen molar-refractivity contribution in [2.45, 2.75) is 13.3 Å². The number of nitrogens with zero attached hydrogens (tertiary/aromatic N) is 1. The van der Waals surface area contributed by atoms with E-state index >= 15 is 0 Å². The first kappa shape index (κ1) is 11.0. The summed E-state index contributed by atoms with van der Waals surface area (Å²) in [7, 11) is 0. The Morgan fingerprint density at radius 1 is 1.47 bits per heavy atom. The van der Waals surface area contributed by atoms with Crippen LogP contribution in [0.25, 0.3) is 0 Å². The van der Waals surface area contributed by atoms with E-state index in [0.29, 0.717) is 6.42 Å². The predicted molar refractivity (Wildman–Crippen MR) is 59.2 cm³/mol. The number of nitriles is 1. The molecule has 1 amide bonds. The Hall–Kier alpha value is -2.08. The maximum Gasteiger partial charge on any atom is 0.248 e. The Labute approximate surface area is 89.0 Å². The average molecular weight is 200 g/mol. The van der Waals surface area contributed by atoms with Gasteiger partial charge in [0.15, 0.2) is 0 Å². The highest BCUT2D eigenvalue weighted by Gasteiger charge is 1.97. The molecule has 3 heteroatoms. The van der Waals surface area contributed by atoms with E-state index in [0.717, 1.165) is 11.3 Å². The van der Waals surface area contributed by atoms with Crippen LogP contribution >= 0.6 is 0 Å². The maximum absolute atomic E-state index is 11.2. The zero-order valence-corrected chi connectivity index (χ0v) is 8.53. The summed E-state index contributed by atoms with van der Waals surface area (Å²) in [5, 5.41) is 11.2. The number of rotatable bonds is 3. The summed E-state index contributed by atoms with van der Waals surface area (Å²) in [6.45, 7) is 1.79. The van der Waals surface area contributed by atoms with Crippen molar-refractivity contribution in [1.82, 2.24) is 0 Å². The molecule has 0 radical (unpaired) electrons. The number of carbonyl (C=O) groups is 1. The van der Waals surface area contributed by atoms with E-state index in [4.69, 9.17) is 5.26 Å². The van der Waals surface area contributed by atoms with Crippen LogP contribution in [0, 0.1) is 11.3 Å². The molecule has 0 saturated carbocycles. The van der Waals surface area contributed by atoms with Gasteiger partial charge in [-0.2, -0.15) is 5.26 Å². The summed E-state index contributed by atoms with van der Waals surface area (Å²) in [5.74, 6) is -0.148. The first-order valence-corrected chi connectivity index (χ1v) is 4.66. The smallest absolute Gasteiger partial charge is 0.248 e. The van der Waals surface area contributed by atoms with Gasteiger partial charge in [-0.3, -0.25) is 4.79 Å². The van der Waals surface area contributed by atoms with Crippen molar-refractivity contribution >= 4 is 11.6 Å². The Morgan fingerprint density at radius 2 is 2.13 bits per heavy atom. The van der Waals surface area contributed by atoms with Gasteiger partial charge in [0.05, 0.1) is 12.5 Å². The quantitative estimate of drug-likeness (QED) is 0.761. The second-order valence-corrected chi connectivity index (χ2v) is 3.02. The van der Waals surface area contributed by atoms with Crippen LogP contribution in [0.15, 0.2) is 36.4 Å². The molecule has 0 spiro atoms. The molecule has 1 aromatic carbocycles. The summed E-state index contributed by atoms with van der Waals surface area (Å²) < 4.78 is 0. The van der Waals surface area contributed by atoms with Gasteiger partial charge < -0.3 is 5.32 Å². The predicted octanol–water partition coefficient (Wildman–Crippen LogP) is 2.27. The molecule has 76 valence electrons. The molecular formula is C12H12N2O. The van der Waals surface area contributed by atoms with Gasteiger partial charge in [-0.05, 0) is 30.7 Å². The molecule has 0 bridgehead atoms. The number of hydrogen-bond donors (Lipinski definition) is 1. The summed E-state index contributed by atoms with van der Waals surface area (Å²) in [5.41, 5.74) is 1.68. The highest BCUT2D eigenvalue weighted by molar-refractivity contribution is 5.99. The molecule has 0 saturated heterocycles. The monoisotopic (exact) mass is 200 g/mol. The fraction of sp³-hybridized carbons (Fsp3) is 0.167. The molecule has 0 aliphatic carbocycles. The first-order chi connectivity index (χ1) is 7.26. The summed E-state index contributed by atoms with van der Waals surface area (Å²) in [4.78, 5) is 11.2. The molecule has 0 aliphatic heterocycles. The largest absolute Gasteiger partial charge is 0.323 e. The van der Waals surface area contributed by atoms with Crippen LogP contribution in [-0.4, -0.2) is 5.91 Å². The Kier molecular flexibility index (Phi) is 4.11. The number of nitrogens with one attached hydrogen (secondary N) is 1. The summed E-state index contributed by atoms with van der Waals surface area (Å²) >= 11 is 0. The number of carbonyl (C=O) groups excluding carboxylic acids is 1. The molecule has 1 rings (SSSR count). The minimum atomic E-state index is -0.148. The topological polar surface area (TPSA) is 52.9 Å². The third kappa shape index (κ3) is 3.65. The van der Waals surface area contributed by atoms with Crippen molar-refractivity contribution in [2.24, 2.45) is 0 Å². The molecule has 0 aliphatic rings. The number of allylic oxidation sites excluding steroid dienone is 1. The molecule has 1 N–H and O–H groups in total. The van der Waals surface area contributed by atoms with E-state index in [1.165, 1.54) is 6.08 Å². The molecule has 0 aromatic heterocycles. The average Bonchev–Trinajstić information content (AvgIpc) is 2.22.